The van der Waals surface area contributed by atoms with Crippen LogP contribution in [-0.2, 0) is 0 Å². The first-order valence-electron chi connectivity index (χ1n) is 15.7. The lowest BCUT2D eigenvalue weighted by Gasteiger charge is -2.23. The second kappa shape index (κ2) is 28.7. The molecular weight excluding hydrogens is 408 g/mol. The Labute approximate surface area is 217 Å². The van der Waals surface area contributed by atoms with Crippen molar-refractivity contribution in [1.82, 2.24) is 0 Å². The van der Waals surface area contributed by atoms with Gasteiger partial charge >= 0.3 is 0 Å². The Morgan fingerprint density at radius 1 is 0.441 bits per heavy atom. The summed E-state index contributed by atoms with van der Waals surface area (Å²) in [4.78, 5) is 0. The van der Waals surface area contributed by atoms with Crippen molar-refractivity contribution in [2.45, 2.75) is 168 Å². The Morgan fingerprint density at radius 2 is 0.794 bits per heavy atom. The van der Waals surface area contributed by atoms with E-state index >= 15 is 0 Å². The molecule has 0 aromatic carbocycles. The molecule has 0 amide bonds. The molecule has 0 rings (SSSR count). The summed E-state index contributed by atoms with van der Waals surface area (Å²) in [5.41, 5.74) is 0. The summed E-state index contributed by atoms with van der Waals surface area (Å²) in [6, 6.07) is 0. The Bertz CT molecular complexity index is 378. The van der Waals surface area contributed by atoms with Gasteiger partial charge in [0, 0.05) is 0 Å². The molecule has 0 heterocycles. The minimum absolute atomic E-state index is 0.741. The lowest BCUT2D eigenvalue weighted by atomic mass is 9.82. The van der Waals surface area contributed by atoms with Gasteiger partial charge < -0.3 is 0 Å². The smallest absolute Gasteiger partial charge is 0.0171 e. The summed E-state index contributed by atoms with van der Waals surface area (Å²) >= 11 is 0. The third kappa shape index (κ3) is 23.2. The van der Waals surface area contributed by atoms with E-state index in [1.54, 1.807) is 0 Å². The summed E-state index contributed by atoms with van der Waals surface area (Å²) in [7, 11) is 0. The van der Waals surface area contributed by atoms with Gasteiger partial charge in [0.1, 0.15) is 0 Å². The molecular formula is C34H64. The van der Waals surface area contributed by atoms with Gasteiger partial charge in [-0.2, -0.15) is 0 Å². The lowest BCUT2D eigenvalue weighted by molar-refractivity contribution is 0.385. The molecule has 0 heteroatoms. The molecule has 0 saturated heterocycles. The number of rotatable bonds is 27. The standard InChI is InChI=1S/C34H64/c1-5-9-13-17-21-25-29-33(30-26-22-18-14-10-6-2)34(31-27-23-19-15-11-7-3)32-28-24-20-16-12-8-4/h25,27,29,31,33-34H,1,3,5-24,26,28,30,32H2,2,4H3. The van der Waals surface area contributed by atoms with Gasteiger partial charge in [0.25, 0.3) is 0 Å². The first-order chi connectivity index (χ1) is 16.8. The molecule has 0 aliphatic carbocycles. The molecule has 0 aromatic heterocycles. The second-order valence-electron chi connectivity index (χ2n) is 10.7. The van der Waals surface area contributed by atoms with Crippen LogP contribution in [0, 0.1) is 25.7 Å². The number of allylic oxidation sites excluding steroid dienone is 4. The number of hydrogen-bond donors (Lipinski definition) is 0. The van der Waals surface area contributed by atoms with Crippen molar-refractivity contribution >= 4 is 0 Å². The number of unbranched alkanes of at least 4 members (excludes halogenated alkanes) is 18. The fourth-order valence-corrected chi connectivity index (χ4v) is 5.00. The van der Waals surface area contributed by atoms with Gasteiger partial charge in [0.05, 0.1) is 0 Å². The third-order valence-corrected chi connectivity index (χ3v) is 7.34. The molecule has 0 aliphatic heterocycles. The highest BCUT2D eigenvalue weighted by molar-refractivity contribution is 5.00. The summed E-state index contributed by atoms with van der Waals surface area (Å²) in [5.74, 6) is 1.48. The van der Waals surface area contributed by atoms with Crippen molar-refractivity contribution in [3.8, 4) is 0 Å². The summed E-state index contributed by atoms with van der Waals surface area (Å²) in [6.07, 6.45) is 42.6. The van der Waals surface area contributed by atoms with Crippen LogP contribution in [-0.4, -0.2) is 0 Å². The Balaban J connectivity index is 4.88. The molecule has 0 aromatic rings. The Morgan fingerprint density at radius 3 is 1.18 bits per heavy atom. The molecule has 200 valence electrons. The molecule has 2 unspecified atom stereocenters. The predicted molar refractivity (Wildman–Crippen MR) is 158 cm³/mol. The first-order valence-corrected chi connectivity index (χ1v) is 15.7. The largest absolute Gasteiger partial charge is 0.0882 e. The molecule has 0 fully saturated rings. The molecule has 0 spiro atoms. The van der Waals surface area contributed by atoms with Crippen molar-refractivity contribution < 1.29 is 0 Å². The molecule has 0 nitrogen and oxygen atoms in total. The van der Waals surface area contributed by atoms with E-state index in [1.807, 2.05) is 0 Å². The van der Waals surface area contributed by atoms with E-state index in [0.717, 1.165) is 24.7 Å². The quantitative estimate of drug-likeness (QED) is 0.0823. The van der Waals surface area contributed by atoms with Crippen molar-refractivity contribution in [3.63, 3.8) is 0 Å². The van der Waals surface area contributed by atoms with Crippen molar-refractivity contribution in [3.05, 3.63) is 38.2 Å². The van der Waals surface area contributed by atoms with E-state index in [2.05, 4.69) is 52.0 Å². The van der Waals surface area contributed by atoms with Gasteiger partial charge in [0.2, 0.25) is 0 Å². The van der Waals surface area contributed by atoms with Crippen LogP contribution in [0.4, 0.5) is 0 Å². The van der Waals surface area contributed by atoms with Crippen LogP contribution in [0.5, 0.6) is 0 Å². The van der Waals surface area contributed by atoms with Crippen LogP contribution < -0.4 is 0 Å². The van der Waals surface area contributed by atoms with Crippen LogP contribution in [0.15, 0.2) is 24.3 Å². The fraction of sp³-hybridized carbons (Fsp3) is 0.824. The van der Waals surface area contributed by atoms with E-state index in [-0.39, 0.29) is 0 Å². The minimum atomic E-state index is 0.741. The fourth-order valence-electron chi connectivity index (χ4n) is 5.00. The maximum Gasteiger partial charge on any atom is -0.0171 e. The van der Waals surface area contributed by atoms with E-state index in [1.165, 1.54) is 141 Å². The van der Waals surface area contributed by atoms with Gasteiger partial charge in [0.15, 0.2) is 0 Å². The molecule has 0 N–H and O–H groups in total. The van der Waals surface area contributed by atoms with Crippen molar-refractivity contribution in [1.29, 1.82) is 0 Å². The third-order valence-electron chi connectivity index (χ3n) is 7.34. The normalized spacial score (nSPS) is 13.9. The Kier molecular flexibility index (Phi) is 28.3. The topological polar surface area (TPSA) is 0 Å². The summed E-state index contributed by atoms with van der Waals surface area (Å²) in [6.45, 7) is 12.6. The zero-order valence-electron chi connectivity index (χ0n) is 23.8. The van der Waals surface area contributed by atoms with Gasteiger partial charge in [-0.3, -0.25) is 0 Å². The van der Waals surface area contributed by atoms with E-state index in [9.17, 15) is 0 Å². The van der Waals surface area contributed by atoms with Gasteiger partial charge in [-0.25, -0.2) is 0 Å². The average Bonchev–Trinajstić information content (AvgIpc) is 2.85. The zero-order chi connectivity index (χ0) is 25.0. The van der Waals surface area contributed by atoms with E-state index in [0.29, 0.717) is 0 Å². The maximum absolute atomic E-state index is 3.99. The van der Waals surface area contributed by atoms with Crippen LogP contribution in [0.2, 0.25) is 0 Å². The van der Waals surface area contributed by atoms with E-state index in [4.69, 9.17) is 0 Å². The Hall–Kier alpha value is -0.520. The molecule has 34 heavy (non-hydrogen) atoms. The summed E-state index contributed by atoms with van der Waals surface area (Å²) < 4.78 is 0. The monoisotopic (exact) mass is 473 g/mol. The predicted octanol–water partition coefficient (Wildman–Crippen LogP) is 12.4. The minimum Gasteiger partial charge on any atom is -0.0882 e. The van der Waals surface area contributed by atoms with Crippen LogP contribution >= 0.6 is 0 Å². The second-order valence-corrected chi connectivity index (χ2v) is 10.7. The molecule has 0 saturated carbocycles. The van der Waals surface area contributed by atoms with Gasteiger partial charge in [-0.15, -0.1) is 0 Å². The first kappa shape index (κ1) is 33.5. The molecule has 2 atom stereocenters. The average molecular weight is 473 g/mol. The number of hydrogen-bond acceptors (Lipinski definition) is 0. The van der Waals surface area contributed by atoms with Crippen LogP contribution in [0.3, 0.4) is 0 Å². The zero-order valence-corrected chi connectivity index (χ0v) is 23.8. The van der Waals surface area contributed by atoms with Gasteiger partial charge in [-0.1, -0.05) is 168 Å². The highest BCUT2D eigenvalue weighted by Gasteiger charge is 2.16. The van der Waals surface area contributed by atoms with Crippen LogP contribution in [0.1, 0.15) is 168 Å². The summed E-state index contributed by atoms with van der Waals surface area (Å²) in [5, 5.41) is 0. The molecule has 0 aliphatic rings. The van der Waals surface area contributed by atoms with Crippen molar-refractivity contribution in [2.75, 3.05) is 0 Å². The molecule has 2 radical (unpaired) electrons. The maximum atomic E-state index is 3.99. The highest BCUT2D eigenvalue weighted by atomic mass is 14.2. The van der Waals surface area contributed by atoms with Crippen LogP contribution in [0.25, 0.3) is 0 Å². The SMILES string of the molecule is [CH2]CCCCCC=CC(CCCCCCCC)C(C=CCCCCC[CH2])CCCCCCCC. The van der Waals surface area contributed by atoms with Crippen molar-refractivity contribution in [2.24, 2.45) is 11.8 Å². The lowest BCUT2D eigenvalue weighted by Crippen LogP contribution is -2.11. The van der Waals surface area contributed by atoms with Gasteiger partial charge in [-0.05, 0) is 50.4 Å². The van der Waals surface area contributed by atoms with E-state index < -0.39 is 0 Å². The molecule has 0 bridgehead atoms. The highest BCUT2D eigenvalue weighted by Crippen LogP contribution is 2.28.